The number of nitrogens with zero attached hydrogens (tertiary/aromatic N) is 2. The van der Waals surface area contributed by atoms with Crippen molar-refractivity contribution in [3.63, 3.8) is 0 Å². The molecule has 1 unspecified atom stereocenters. The molecular formula is C11H14N2O5S. The molecule has 1 aromatic carbocycles. The number of hydrogen-bond donors (Lipinski definition) is 1. The lowest BCUT2D eigenvalue weighted by Gasteiger charge is -2.13. The molecular weight excluding hydrogens is 272 g/mol. The van der Waals surface area contributed by atoms with Crippen molar-refractivity contribution in [3.8, 4) is 0 Å². The van der Waals surface area contributed by atoms with Gasteiger partial charge in [-0.1, -0.05) is 24.2 Å². The van der Waals surface area contributed by atoms with Crippen LogP contribution in [0.15, 0.2) is 29.4 Å². The van der Waals surface area contributed by atoms with Gasteiger partial charge in [-0.15, -0.1) is 0 Å². The Hall–Kier alpha value is -1.96. The van der Waals surface area contributed by atoms with Gasteiger partial charge in [0.05, 0.1) is 4.92 Å². The van der Waals surface area contributed by atoms with Crippen molar-refractivity contribution < 1.29 is 18.5 Å². The highest BCUT2D eigenvalue weighted by atomic mass is 32.2. The van der Waals surface area contributed by atoms with Crippen LogP contribution < -0.4 is 0 Å². The summed E-state index contributed by atoms with van der Waals surface area (Å²) in [5.74, 6) is -0.109. The van der Waals surface area contributed by atoms with E-state index in [1.54, 1.807) is 0 Å². The van der Waals surface area contributed by atoms with Crippen LogP contribution in [0, 0.1) is 10.1 Å². The van der Waals surface area contributed by atoms with Crippen LogP contribution >= 0.6 is 0 Å². The quantitative estimate of drug-likeness (QED) is 0.382. The van der Waals surface area contributed by atoms with Crippen LogP contribution in [-0.2, 0) is 9.84 Å². The summed E-state index contributed by atoms with van der Waals surface area (Å²) < 4.78 is 23.5. The summed E-state index contributed by atoms with van der Waals surface area (Å²) in [5.41, 5.74) is -0.0912. The van der Waals surface area contributed by atoms with Crippen LogP contribution in [-0.4, -0.2) is 35.3 Å². The predicted octanol–water partition coefficient (Wildman–Crippen LogP) is 1.60. The zero-order valence-electron chi connectivity index (χ0n) is 10.5. The van der Waals surface area contributed by atoms with Gasteiger partial charge >= 0.3 is 0 Å². The highest BCUT2D eigenvalue weighted by Crippen LogP contribution is 2.17. The molecule has 0 saturated carbocycles. The normalized spacial score (nSPS) is 14.1. The molecule has 1 atom stereocenters. The maximum Gasteiger partial charge on any atom is 0.270 e. The lowest BCUT2D eigenvalue weighted by molar-refractivity contribution is -0.384. The van der Waals surface area contributed by atoms with E-state index in [1.165, 1.54) is 38.1 Å². The number of benzene rings is 1. The van der Waals surface area contributed by atoms with Crippen LogP contribution in [0.1, 0.15) is 19.4 Å². The Labute approximate surface area is 110 Å². The second-order valence-electron chi connectivity index (χ2n) is 3.89. The third-order valence-corrected chi connectivity index (χ3v) is 4.89. The summed E-state index contributed by atoms with van der Waals surface area (Å²) in [7, 11) is -3.45. The Morgan fingerprint density at radius 3 is 2.63 bits per heavy atom. The van der Waals surface area contributed by atoms with E-state index in [2.05, 4.69) is 5.16 Å². The van der Waals surface area contributed by atoms with E-state index in [0.29, 0.717) is 0 Å². The molecule has 1 aromatic rings. The Morgan fingerprint density at radius 1 is 1.53 bits per heavy atom. The molecule has 0 amide bonds. The Kier molecular flexibility index (Phi) is 4.60. The number of sulfone groups is 1. The lowest BCUT2D eigenvalue weighted by Crippen LogP contribution is -2.29. The monoisotopic (exact) mass is 286 g/mol. The van der Waals surface area contributed by atoms with Crippen LogP contribution in [0.2, 0.25) is 0 Å². The summed E-state index contributed by atoms with van der Waals surface area (Å²) in [4.78, 5) is 10.1. The zero-order chi connectivity index (χ0) is 14.6. The average Bonchev–Trinajstić information content (AvgIpc) is 2.39. The molecule has 7 nitrogen and oxygen atoms in total. The number of nitro groups is 1. The van der Waals surface area contributed by atoms with E-state index in [9.17, 15) is 18.5 Å². The number of oxime groups is 1. The topological polar surface area (TPSA) is 110 Å². The first-order chi connectivity index (χ1) is 8.83. The van der Waals surface area contributed by atoms with Gasteiger partial charge in [0, 0.05) is 23.4 Å². The van der Waals surface area contributed by atoms with Crippen molar-refractivity contribution in [1.29, 1.82) is 0 Å². The smallest absolute Gasteiger partial charge is 0.270 e. The molecule has 1 rings (SSSR count). The minimum absolute atomic E-state index is 0.106. The van der Waals surface area contributed by atoms with Gasteiger partial charge < -0.3 is 5.21 Å². The first-order valence-electron chi connectivity index (χ1n) is 5.51. The van der Waals surface area contributed by atoms with Gasteiger partial charge in [-0.2, -0.15) is 0 Å². The van der Waals surface area contributed by atoms with Crippen molar-refractivity contribution in [3.05, 3.63) is 39.9 Å². The molecule has 8 heteroatoms. The first-order valence-corrected chi connectivity index (χ1v) is 7.23. The Morgan fingerprint density at radius 2 is 2.16 bits per heavy atom. The highest BCUT2D eigenvalue weighted by Gasteiger charge is 2.26. The fourth-order valence-electron chi connectivity index (χ4n) is 1.57. The van der Waals surface area contributed by atoms with Crippen molar-refractivity contribution in [2.45, 2.75) is 19.1 Å². The number of rotatable bonds is 5. The van der Waals surface area contributed by atoms with Gasteiger partial charge in [0.1, 0.15) is 11.0 Å². The van der Waals surface area contributed by atoms with Gasteiger partial charge in [-0.25, -0.2) is 8.42 Å². The second-order valence-corrected chi connectivity index (χ2v) is 6.50. The molecule has 0 heterocycles. The predicted molar refractivity (Wildman–Crippen MR) is 70.3 cm³/mol. The molecule has 0 spiro atoms. The molecule has 104 valence electrons. The average molecular weight is 286 g/mol. The molecule has 1 N–H and O–H groups in total. The number of nitro benzene ring substituents is 1. The summed E-state index contributed by atoms with van der Waals surface area (Å²) in [5, 5.41) is 21.6. The fourth-order valence-corrected chi connectivity index (χ4v) is 2.60. The standard InChI is InChI=1S/C11H14N2O5S/c1-3-19(17,18)8(2)11(12-14)9-5-4-6-10(7-9)13(15)16/h4-8,14H,3H2,1-2H3/b12-11-. The molecule has 0 radical (unpaired) electrons. The number of non-ortho nitro benzene ring substituents is 1. The Balaban J connectivity index is 3.26. The van der Waals surface area contributed by atoms with Crippen LogP contribution in [0.5, 0.6) is 0 Å². The molecule has 19 heavy (non-hydrogen) atoms. The van der Waals surface area contributed by atoms with E-state index in [0.717, 1.165) is 0 Å². The minimum atomic E-state index is -3.45. The Bertz CT molecular complexity index is 609. The maximum atomic E-state index is 11.8. The van der Waals surface area contributed by atoms with E-state index >= 15 is 0 Å². The van der Waals surface area contributed by atoms with E-state index < -0.39 is 20.0 Å². The molecule has 0 aliphatic carbocycles. The van der Waals surface area contributed by atoms with Crippen molar-refractivity contribution in [2.24, 2.45) is 5.16 Å². The van der Waals surface area contributed by atoms with Crippen molar-refractivity contribution in [1.82, 2.24) is 0 Å². The van der Waals surface area contributed by atoms with Gasteiger partial charge in [-0.05, 0) is 6.92 Å². The van der Waals surface area contributed by atoms with Gasteiger partial charge in [0.2, 0.25) is 0 Å². The fraction of sp³-hybridized carbons (Fsp3) is 0.364. The highest BCUT2D eigenvalue weighted by molar-refractivity contribution is 7.92. The zero-order valence-corrected chi connectivity index (χ0v) is 11.3. The summed E-state index contributed by atoms with van der Waals surface area (Å²) in [6, 6.07) is 5.32. The second kappa shape index (κ2) is 5.79. The maximum absolute atomic E-state index is 11.8. The summed E-state index contributed by atoms with van der Waals surface area (Å²) in [6.45, 7) is 2.86. The number of hydrogen-bond acceptors (Lipinski definition) is 6. The molecule has 0 saturated heterocycles. The molecule has 0 bridgehead atoms. The van der Waals surface area contributed by atoms with E-state index in [1.807, 2.05) is 0 Å². The summed E-state index contributed by atoms with van der Waals surface area (Å²) in [6.07, 6.45) is 0. The van der Waals surface area contributed by atoms with Crippen molar-refractivity contribution >= 4 is 21.2 Å². The summed E-state index contributed by atoms with van der Waals surface area (Å²) >= 11 is 0. The first kappa shape index (κ1) is 15.1. The molecule has 0 fully saturated rings. The van der Waals surface area contributed by atoms with E-state index in [-0.39, 0.29) is 22.7 Å². The van der Waals surface area contributed by atoms with Gasteiger partial charge in [0.15, 0.2) is 9.84 Å². The van der Waals surface area contributed by atoms with Crippen LogP contribution in [0.4, 0.5) is 5.69 Å². The SMILES string of the molecule is CCS(=O)(=O)C(C)/C(=N/O)c1cccc([N+](=O)[O-])c1. The van der Waals surface area contributed by atoms with Gasteiger partial charge in [0.25, 0.3) is 5.69 Å². The molecule has 0 aromatic heterocycles. The third kappa shape index (κ3) is 3.28. The lowest BCUT2D eigenvalue weighted by atomic mass is 10.1. The minimum Gasteiger partial charge on any atom is -0.411 e. The largest absolute Gasteiger partial charge is 0.411 e. The van der Waals surface area contributed by atoms with Crippen molar-refractivity contribution in [2.75, 3.05) is 5.75 Å². The van der Waals surface area contributed by atoms with Gasteiger partial charge in [-0.3, -0.25) is 10.1 Å². The van der Waals surface area contributed by atoms with E-state index in [4.69, 9.17) is 5.21 Å². The molecule has 0 aliphatic rings. The third-order valence-electron chi connectivity index (χ3n) is 2.79. The van der Waals surface area contributed by atoms with Crippen LogP contribution in [0.25, 0.3) is 0 Å². The van der Waals surface area contributed by atoms with Crippen LogP contribution in [0.3, 0.4) is 0 Å². The molecule has 0 aliphatic heterocycles.